The van der Waals surface area contributed by atoms with E-state index in [9.17, 15) is 14.4 Å². The van der Waals surface area contributed by atoms with E-state index >= 15 is 0 Å². The smallest absolute Gasteiger partial charge is 0.407 e. The summed E-state index contributed by atoms with van der Waals surface area (Å²) >= 11 is 0. The van der Waals surface area contributed by atoms with Gasteiger partial charge in [-0.05, 0) is 55.6 Å². The van der Waals surface area contributed by atoms with Crippen LogP contribution in [0.3, 0.4) is 0 Å². The topological polar surface area (TPSA) is 84.9 Å². The van der Waals surface area contributed by atoms with Gasteiger partial charge in [0.15, 0.2) is 0 Å². The predicted octanol–water partition coefficient (Wildman–Crippen LogP) is 2.20. The van der Waals surface area contributed by atoms with Crippen molar-refractivity contribution in [1.82, 2.24) is 10.2 Å². The van der Waals surface area contributed by atoms with Crippen molar-refractivity contribution < 1.29 is 23.9 Å². The lowest BCUT2D eigenvalue weighted by Crippen LogP contribution is -2.58. The molecule has 5 rings (SSSR count). The van der Waals surface area contributed by atoms with Crippen molar-refractivity contribution in [2.45, 2.75) is 43.6 Å². The number of rotatable bonds is 4. The van der Waals surface area contributed by atoms with E-state index in [1.807, 2.05) is 30.9 Å². The fourth-order valence-electron chi connectivity index (χ4n) is 5.74. The van der Waals surface area contributed by atoms with Crippen molar-refractivity contribution in [1.29, 1.82) is 0 Å². The quantitative estimate of drug-likeness (QED) is 0.767. The van der Waals surface area contributed by atoms with Gasteiger partial charge < -0.3 is 19.7 Å². The van der Waals surface area contributed by atoms with Gasteiger partial charge in [0.25, 0.3) is 0 Å². The van der Waals surface area contributed by atoms with Crippen molar-refractivity contribution in [3.8, 4) is 0 Å². The van der Waals surface area contributed by atoms with E-state index in [0.717, 1.165) is 18.7 Å². The molecule has 3 atom stereocenters. The standard InChI is InChI=1S/C23H28N2O5/c1-22(2,20(27)29-3)15-6-4-5-13(7-15)18-16-10-25(11-17(16)18)19(26)14-8-23(9-14)12-30-21(28)24-23/h4-7,14,16-18H,8-12H2,1-3H3,(H,24,28)/t14?,16-,17+,18+,23?. The second-order valence-electron chi connectivity index (χ2n) is 9.93. The molecule has 2 heterocycles. The minimum Gasteiger partial charge on any atom is -0.468 e. The molecule has 0 unspecified atom stereocenters. The van der Waals surface area contributed by atoms with Crippen molar-refractivity contribution in [3.05, 3.63) is 35.4 Å². The first-order valence-corrected chi connectivity index (χ1v) is 10.7. The number of likely N-dealkylation sites (tertiary alicyclic amines) is 1. The highest BCUT2D eigenvalue weighted by atomic mass is 16.6. The number of fused-ring (bicyclic) bond motifs is 1. The number of hydrogen-bond donors (Lipinski definition) is 1. The van der Waals surface area contributed by atoms with Gasteiger partial charge >= 0.3 is 12.1 Å². The van der Waals surface area contributed by atoms with Crippen LogP contribution in [0.5, 0.6) is 0 Å². The molecule has 2 aliphatic carbocycles. The summed E-state index contributed by atoms with van der Waals surface area (Å²) in [6.45, 7) is 5.74. The van der Waals surface area contributed by atoms with Gasteiger partial charge in [0.05, 0.1) is 18.1 Å². The maximum absolute atomic E-state index is 12.9. The molecule has 2 saturated carbocycles. The fraction of sp³-hybridized carbons (Fsp3) is 0.609. The second-order valence-corrected chi connectivity index (χ2v) is 9.93. The highest BCUT2D eigenvalue weighted by Gasteiger charge is 2.59. The molecule has 0 bridgehead atoms. The van der Waals surface area contributed by atoms with Crippen LogP contribution in [0.25, 0.3) is 0 Å². The Morgan fingerprint density at radius 2 is 1.93 bits per heavy atom. The first-order valence-electron chi connectivity index (χ1n) is 10.7. The SMILES string of the molecule is COC(=O)C(C)(C)c1cccc([C@H]2[C@@H]3CN(C(=O)C4CC5(COC(=O)N5)C4)C[C@@H]32)c1. The van der Waals surface area contributed by atoms with Crippen LogP contribution in [-0.4, -0.2) is 55.2 Å². The van der Waals surface area contributed by atoms with Gasteiger partial charge in [0.2, 0.25) is 5.91 Å². The van der Waals surface area contributed by atoms with Gasteiger partial charge in [0, 0.05) is 19.0 Å². The number of methoxy groups -OCH3 is 1. The Morgan fingerprint density at radius 3 is 2.53 bits per heavy atom. The summed E-state index contributed by atoms with van der Waals surface area (Å²) in [6.07, 6.45) is 0.985. The number of hydrogen-bond acceptors (Lipinski definition) is 5. The molecule has 4 fully saturated rings. The summed E-state index contributed by atoms with van der Waals surface area (Å²) in [4.78, 5) is 38.3. The van der Waals surface area contributed by atoms with Crippen LogP contribution in [0.1, 0.15) is 43.7 Å². The number of amides is 2. The molecule has 1 spiro atoms. The molecule has 1 N–H and O–H groups in total. The Morgan fingerprint density at radius 1 is 1.23 bits per heavy atom. The first-order chi connectivity index (χ1) is 14.2. The zero-order chi connectivity index (χ0) is 21.3. The van der Waals surface area contributed by atoms with Gasteiger partial charge in [-0.1, -0.05) is 24.3 Å². The third-order valence-electron chi connectivity index (χ3n) is 7.66. The molecule has 1 aromatic rings. The lowest BCUT2D eigenvalue weighted by molar-refractivity contribution is -0.146. The van der Waals surface area contributed by atoms with Crippen LogP contribution in [-0.2, 0) is 24.5 Å². The minimum absolute atomic E-state index is 0.00728. The van der Waals surface area contributed by atoms with E-state index in [2.05, 4.69) is 17.4 Å². The molecule has 2 aliphatic heterocycles. The Bertz CT molecular complexity index is 908. The maximum atomic E-state index is 12.9. The van der Waals surface area contributed by atoms with Crippen LogP contribution in [0.2, 0.25) is 0 Å². The highest BCUT2D eigenvalue weighted by molar-refractivity contribution is 5.83. The highest BCUT2D eigenvalue weighted by Crippen LogP contribution is 2.59. The number of cyclic esters (lactones) is 1. The molecule has 7 nitrogen and oxygen atoms in total. The zero-order valence-electron chi connectivity index (χ0n) is 17.6. The molecule has 0 aromatic heterocycles. The predicted molar refractivity (Wildman–Crippen MR) is 108 cm³/mol. The van der Waals surface area contributed by atoms with E-state index in [1.165, 1.54) is 12.7 Å². The van der Waals surface area contributed by atoms with Gasteiger partial charge in [-0.25, -0.2) is 4.79 Å². The number of nitrogens with zero attached hydrogens (tertiary/aromatic N) is 1. The summed E-state index contributed by atoms with van der Waals surface area (Å²) in [6, 6.07) is 8.25. The summed E-state index contributed by atoms with van der Waals surface area (Å²) in [5.41, 5.74) is 1.22. The third-order valence-corrected chi connectivity index (χ3v) is 7.66. The average molecular weight is 412 g/mol. The molecule has 2 amide bonds. The molecule has 160 valence electrons. The van der Waals surface area contributed by atoms with Crippen LogP contribution in [0.15, 0.2) is 24.3 Å². The summed E-state index contributed by atoms with van der Waals surface area (Å²) < 4.78 is 9.97. The van der Waals surface area contributed by atoms with Gasteiger partial charge in [-0.2, -0.15) is 0 Å². The largest absolute Gasteiger partial charge is 0.468 e. The fourth-order valence-corrected chi connectivity index (χ4v) is 5.74. The van der Waals surface area contributed by atoms with Crippen LogP contribution >= 0.6 is 0 Å². The van der Waals surface area contributed by atoms with E-state index < -0.39 is 5.41 Å². The Balaban J connectivity index is 1.19. The molecular weight excluding hydrogens is 384 g/mol. The second kappa shape index (κ2) is 6.46. The number of nitrogens with one attached hydrogen (secondary N) is 1. The van der Waals surface area contributed by atoms with E-state index in [0.29, 0.717) is 37.2 Å². The number of piperidine rings is 1. The van der Waals surface area contributed by atoms with Crippen molar-refractivity contribution in [3.63, 3.8) is 0 Å². The Labute approximate surface area is 176 Å². The Kier molecular flexibility index (Phi) is 4.18. The number of carbonyl (C=O) groups is 3. The van der Waals surface area contributed by atoms with Gasteiger partial charge in [0.1, 0.15) is 6.61 Å². The number of esters is 1. The maximum Gasteiger partial charge on any atom is 0.407 e. The van der Waals surface area contributed by atoms with Crippen molar-refractivity contribution >= 4 is 18.0 Å². The number of benzene rings is 1. The van der Waals surface area contributed by atoms with Gasteiger partial charge in [-0.3, -0.25) is 9.59 Å². The first kappa shape index (κ1) is 19.4. The molecule has 2 saturated heterocycles. The van der Waals surface area contributed by atoms with Gasteiger partial charge in [-0.15, -0.1) is 0 Å². The van der Waals surface area contributed by atoms with E-state index in [-0.39, 0.29) is 29.4 Å². The Hall–Kier alpha value is -2.57. The van der Waals surface area contributed by atoms with Crippen molar-refractivity contribution in [2.75, 3.05) is 26.8 Å². The molecule has 30 heavy (non-hydrogen) atoms. The van der Waals surface area contributed by atoms with Crippen LogP contribution in [0.4, 0.5) is 4.79 Å². The van der Waals surface area contributed by atoms with Crippen LogP contribution < -0.4 is 5.32 Å². The summed E-state index contributed by atoms with van der Waals surface area (Å²) in [7, 11) is 1.42. The summed E-state index contributed by atoms with van der Waals surface area (Å²) in [5.74, 6) is 1.41. The average Bonchev–Trinajstić information content (AvgIpc) is 3.03. The van der Waals surface area contributed by atoms with Crippen molar-refractivity contribution in [2.24, 2.45) is 17.8 Å². The lowest BCUT2D eigenvalue weighted by atomic mass is 9.68. The number of ether oxygens (including phenoxy) is 2. The van der Waals surface area contributed by atoms with E-state index in [4.69, 9.17) is 9.47 Å². The van der Waals surface area contributed by atoms with Crippen LogP contribution in [0, 0.1) is 17.8 Å². The molecular formula is C23H28N2O5. The third kappa shape index (κ3) is 2.89. The minimum atomic E-state index is -0.684. The molecule has 1 aromatic carbocycles. The normalized spacial score (nSPS) is 34.1. The molecule has 4 aliphatic rings. The monoisotopic (exact) mass is 412 g/mol. The van der Waals surface area contributed by atoms with E-state index in [1.54, 1.807) is 0 Å². The molecule has 7 heteroatoms. The zero-order valence-corrected chi connectivity index (χ0v) is 17.6. The number of carbonyl (C=O) groups excluding carboxylic acids is 3. The molecule has 0 radical (unpaired) electrons. The summed E-state index contributed by atoms with van der Waals surface area (Å²) in [5, 5.41) is 2.85. The lowest BCUT2D eigenvalue weighted by Gasteiger charge is -2.43. The number of alkyl carbamates (subject to hydrolysis) is 1.